The van der Waals surface area contributed by atoms with Crippen LogP contribution in [0.1, 0.15) is 26.5 Å². The van der Waals surface area contributed by atoms with Gasteiger partial charge in [0.25, 0.3) is 11.8 Å². The fourth-order valence-electron chi connectivity index (χ4n) is 3.61. The highest BCUT2D eigenvalue weighted by atomic mass is 32.2. The second kappa shape index (κ2) is 8.64. The predicted molar refractivity (Wildman–Crippen MR) is 120 cm³/mol. The third-order valence-corrected chi connectivity index (χ3v) is 8.30. The lowest BCUT2D eigenvalue weighted by molar-refractivity contribution is -0.148. The van der Waals surface area contributed by atoms with E-state index in [9.17, 15) is 19.5 Å². The summed E-state index contributed by atoms with van der Waals surface area (Å²) >= 11 is 4.32. The van der Waals surface area contributed by atoms with E-state index in [-0.39, 0.29) is 11.6 Å². The number of rotatable bonds is 6. The SMILES string of the molecule is Cc1cc(C)cc(C(=O)N[C@@H]2C(=O)N3C(C(=O)O)=C(CSc4nnc(C)s4)CS[C@@H]23)c1. The maximum Gasteiger partial charge on any atom is 0.352 e. The zero-order valence-electron chi connectivity index (χ0n) is 17.0. The average molecular weight is 477 g/mol. The first-order valence-corrected chi connectivity index (χ1v) is 12.3. The van der Waals surface area contributed by atoms with Crippen molar-refractivity contribution >= 4 is 52.6 Å². The van der Waals surface area contributed by atoms with Crippen LogP contribution in [0.4, 0.5) is 0 Å². The van der Waals surface area contributed by atoms with E-state index in [4.69, 9.17) is 0 Å². The molecule has 2 amide bonds. The lowest BCUT2D eigenvalue weighted by Gasteiger charge is -2.49. The Bertz CT molecular complexity index is 1090. The molecule has 2 N–H and O–H groups in total. The van der Waals surface area contributed by atoms with Gasteiger partial charge in [-0.1, -0.05) is 40.3 Å². The maximum atomic E-state index is 12.8. The lowest BCUT2D eigenvalue weighted by atomic mass is 10.0. The number of nitrogens with one attached hydrogen (secondary N) is 1. The molecule has 2 atom stereocenters. The van der Waals surface area contributed by atoms with E-state index < -0.39 is 23.3 Å². The van der Waals surface area contributed by atoms with Gasteiger partial charge in [-0.3, -0.25) is 14.5 Å². The molecular formula is C20H20N4O4S3. The van der Waals surface area contributed by atoms with Crippen molar-refractivity contribution < 1.29 is 19.5 Å². The van der Waals surface area contributed by atoms with Gasteiger partial charge in [0.05, 0.1) is 0 Å². The molecule has 1 aromatic carbocycles. The van der Waals surface area contributed by atoms with Crippen LogP contribution in [0.3, 0.4) is 0 Å². The molecule has 2 aromatic rings. The Morgan fingerprint density at radius 3 is 2.55 bits per heavy atom. The Morgan fingerprint density at radius 1 is 1.23 bits per heavy atom. The molecule has 0 unspecified atom stereocenters. The minimum Gasteiger partial charge on any atom is -0.477 e. The summed E-state index contributed by atoms with van der Waals surface area (Å²) in [5, 5.41) is 21.0. The summed E-state index contributed by atoms with van der Waals surface area (Å²) in [7, 11) is 0. The first-order valence-electron chi connectivity index (χ1n) is 9.46. The van der Waals surface area contributed by atoms with Crippen molar-refractivity contribution in [1.82, 2.24) is 20.4 Å². The summed E-state index contributed by atoms with van der Waals surface area (Å²) in [5.74, 6) is -0.988. The number of fused-ring (bicyclic) bond motifs is 1. The second-order valence-electron chi connectivity index (χ2n) is 7.37. The van der Waals surface area contributed by atoms with Gasteiger partial charge in [-0.25, -0.2) is 4.79 Å². The number of carbonyl (C=O) groups is 3. The van der Waals surface area contributed by atoms with Crippen molar-refractivity contribution in [2.75, 3.05) is 11.5 Å². The third kappa shape index (κ3) is 4.35. The summed E-state index contributed by atoms with van der Waals surface area (Å²) in [5.41, 5.74) is 3.09. The first kappa shape index (κ1) is 21.8. The van der Waals surface area contributed by atoms with Gasteiger partial charge in [0.15, 0.2) is 4.34 Å². The number of hydrogen-bond acceptors (Lipinski definition) is 8. The largest absolute Gasteiger partial charge is 0.477 e. The molecule has 0 radical (unpaired) electrons. The number of carboxylic acids is 1. The number of β-lactam (4-membered cyclic amide) rings is 1. The monoisotopic (exact) mass is 476 g/mol. The highest BCUT2D eigenvalue weighted by Crippen LogP contribution is 2.41. The number of benzene rings is 1. The van der Waals surface area contributed by atoms with Crippen molar-refractivity contribution in [3.8, 4) is 0 Å². The predicted octanol–water partition coefficient (Wildman–Crippen LogP) is 2.61. The summed E-state index contributed by atoms with van der Waals surface area (Å²) in [4.78, 5) is 38.7. The van der Waals surface area contributed by atoms with E-state index >= 15 is 0 Å². The zero-order valence-corrected chi connectivity index (χ0v) is 19.5. The van der Waals surface area contributed by atoms with Gasteiger partial charge in [-0.2, -0.15) is 0 Å². The van der Waals surface area contributed by atoms with E-state index in [1.165, 1.54) is 39.8 Å². The Labute approximate surface area is 191 Å². The number of carbonyl (C=O) groups excluding carboxylic acids is 2. The maximum absolute atomic E-state index is 12.8. The Balaban J connectivity index is 1.49. The molecule has 4 rings (SSSR count). The average Bonchev–Trinajstić information content (AvgIpc) is 3.13. The number of aliphatic carboxylic acids is 1. The molecular weight excluding hydrogens is 456 g/mol. The summed E-state index contributed by atoms with van der Waals surface area (Å²) in [6.07, 6.45) is 0. The van der Waals surface area contributed by atoms with Gasteiger partial charge in [0, 0.05) is 17.1 Å². The molecule has 11 heteroatoms. The van der Waals surface area contributed by atoms with Gasteiger partial charge in [0.1, 0.15) is 22.1 Å². The molecule has 31 heavy (non-hydrogen) atoms. The van der Waals surface area contributed by atoms with Crippen LogP contribution >= 0.6 is 34.9 Å². The van der Waals surface area contributed by atoms with E-state index in [2.05, 4.69) is 15.5 Å². The van der Waals surface area contributed by atoms with E-state index in [0.29, 0.717) is 22.6 Å². The fraction of sp³-hybridized carbons (Fsp3) is 0.350. The molecule has 0 bridgehead atoms. The minimum absolute atomic E-state index is 0.0133. The first-order chi connectivity index (χ1) is 14.7. The van der Waals surface area contributed by atoms with Crippen molar-refractivity contribution in [1.29, 1.82) is 0 Å². The molecule has 162 valence electrons. The van der Waals surface area contributed by atoms with Crippen molar-refractivity contribution in [3.05, 3.63) is 51.2 Å². The molecule has 0 spiro atoms. The normalized spacial score (nSPS) is 20.4. The zero-order chi connectivity index (χ0) is 22.3. The Morgan fingerprint density at radius 2 is 1.94 bits per heavy atom. The second-order valence-corrected chi connectivity index (χ2v) is 10.9. The topological polar surface area (TPSA) is 112 Å². The quantitative estimate of drug-likeness (QED) is 0.483. The van der Waals surface area contributed by atoms with Crippen LogP contribution in [0.2, 0.25) is 0 Å². The number of amides is 2. The van der Waals surface area contributed by atoms with E-state index in [0.717, 1.165) is 20.5 Å². The smallest absolute Gasteiger partial charge is 0.352 e. The molecule has 0 saturated carbocycles. The van der Waals surface area contributed by atoms with Gasteiger partial charge < -0.3 is 10.4 Å². The molecule has 0 aliphatic carbocycles. The molecule has 8 nitrogen and oxygen atoms in total. The molecule has 1 fully saturated rings. The molecule has 1 saturated heterocycles. The molecule has 2 aliphatic heterocycles. The van der Waals surface area contributed by atoms with Gasteiger partial charge >= 0.3 is 5.97 Å². The highest BCUT2D eigenvalue weighted by molar-refractivity contribution is 8.01. The number of carboxylic acid groups (broad SMARTS) is 1. The molecule has 3 heterocycles. The summed E-state index contributed by atoms with van der Waals surface area (Å²) in [6.45, 7) is 5.67. The van der Waals surface area contributed by atoms with Crippen LogP contribution in [0.25, 0.3) is 0 Å². The van der Waals surface area contributed by atoms with E-state index in [1.807, 2.05) is 26.8 Å². The van der Waals surface area contributed by atoms with Crippen molar-refractivity contribution in [3.63, 3.8) is 0 Å². The van der Waals surface area contributed by atoms with E-state index in [1.54, 1.807) is 12.1 Å². The molecule has 2 aliphatic rings. The van der Waals surface area contributed by atoms with Crippen molar-refractivity contribution in [2.45, 2.75) is 36.5 Å². The fourth-order valence-corrected chi connectivity index (χ4v) is 6.91. The standard InChI is InChI=1S/C20H20N4O4S3/c1-9-4-10(2)6-12(5-9)16(25)21-14-17(26)24-15(19(27)28)13(7-29-18(14)24)8-30-20-23-22-11(3)31-20/h4-6,14,18H,7-8H2,1-3H3,(H,21,25)(H,27,28)/t14-,18+/m1/s1. The van der Waals surface area contributed by atoms with Crippen LogP contribution in [-0.4, -0.2) is 60.9 Å². The van der Waals surface area contributed by atoms with Crippen molar-refractivity contribution in [2.24, 2.45) is 0 Å². The van der Waals surface area contributed by atoms with Crippen LogP contribution in [0.5, 0.6) is 0 Å². The number of hydrogen-bond donors (Lipinski definition) is 2. The van der Waals surface area contributed by atoms with Gasteiger partial charge in [-0.05, 0) is 38.5 Å². The number of aromatic nitrogens is 2. The lowest BCUT2D eigenvalue weighted by Crippen LogP contribution is -2.70. The van der Waals surface area contributed by atoms with Crippen LogP contribution in [0, 0.1) is 20.8 Å². The highest BCUT2D eigenvalue weighted by Gasteiger charge is 2.54. The van der Waals surface area contributed by atoms with Crippen LogP contribution in [0.15, 0.2) is 33.8 Å². The van der Waals surface area contributed by atoms with Crippen LogP contribution < -0.4 is 5.32 Å². The molecule has 1 aromatic heterocycles. The third-order valence-electron chi connectivity index (χ3n) is 4.90. The minimum atomic E-state index is -1.14. The summed E-state index contributed by atoms with van der Waals surface area (Å²) < 4.78 is 0.760. The number of thioether (sulfide) groups is 2. The van der Waals surface area contributed by atoms with Gasteiger partial charge in [0.2, 0.25) is 0 Å². The Kier molecular flexibility index (Phi) is 6.09. The summed E-state index contributed by atoms with van der Waals surface area (Å²) in [6, 6.07) is 4.76. The number of nitrogens with zero attached hydrogens (tertiary/aromatic N) is 3. The Hall–Kier alpha value is -2.37. The number of aryl methyl sites for hydroxylation is 3. The van der Waals surface area contributed by atoms with Gasteiger partial charge in [-0.15, -0.1) is 22.0 Å². The van der Waals surface area contributed by atoms with Crippen LogP contribution in [-0.2, 0) is 9.59 Å².